The summed E-state index contributed by atoms with van der Waals surface area (Å²) in [6, 6.07) is 20.6. The molecule has 0 heterocycles. The number of primary amides is 1. The molecule has 0 bridgehead atoms. The number of benzene rings is 3. The Hall–Kier alpha value is -3.85. The molecule has 0 spiro atoms. The van der Waals surface area contributed by atoms with Crippen molar-refractivity contribution in [3.8, 4) is 11.5 Å². The Balaban J connectivity index is 1.83. The summed E-state index contributed by atoms with van der Waals surface area (Å²) in [5.41, 5.74) is 5.97. The third kappa shape index (κ3) is 5.44. The Morgan fingerprint density at radius 2 is 1.47 bits per heavy atom. The molecule has 0 aliphatic heterocycles. The standard InChI is InChI=1S/C23H23N3O5S/c1-16(23(28)25-21-11-7-6-10-20(21)22(24)27)26(32(2,29)30)17-12-14-19(15-13-17)31-18-8-4-3-5-9-18/h3-16H,1-2H3,(H2,24,27)(H,25,28)/t16-/m1/s1. The average Bonchev–Trinajstić information content (AvgIpc) is 2.75. The van der Waals surface area contributed by atoms with Gasteiger partial charge in [0.25, 0.3) is 5.91 Å². The smallest absolute Gasteiger partial charge is 0.250 e. The van der Waals surface area contributed by atoms with Crippen molar-refractivity contribution in [1.29, 1.82) is 0 Å². The van der Waals surface area contributed by atoms with Crippen molar-refractivity contribution in [3.63, 3.8) is 0 Å². The maximum absolute atomic E-state index is 12.9. The predicted octanol–water partition coefficient (Wildman–Crippen LogP) is 3.37. The quantitative estimate of drug-likeness (QED) is 0.542. The molecule has 9 heteroatoms. The Labute approximate surface area is 186 Å². The van der Waals surface area contributed by atoms with Crippen LogP contribution in [0.25, 0.3) is 0 Å². The van der Waals surface area contributed by atoms with Gasteiger partial charge in [-0.25, -0.2) is 8.42 Å². The molecule has 3 aromatic rings. The summed E-state index contributed by atoms with van der Waals surface area (Å²) in [6.07, 6.45) is 1.02. The molecular formula is C23H23N3O5S. The molecule has 0 unspecified atom stereocenters. The van der Waals surface area contributed by atoms with Crippen molar-refractivity contribution in [2.24, 2.45) is 5.73 Å². The summed E-state index contributed by atoms with van der Waals surface area (Å²) in [7, 11) is -3.81. The molecule has 32 heavy (non-hydrogen) atoms. The van der Waals surface area contributed by atoms with E-state index in [0.717, 1.165) is 10.6 Å². The van der Waals surface area contributed by atoms with E-state index in [4.69, 9.17) is 10.5 Å². The summed E-state index contributed by atoms with van der Waals surface area (Å²) in [5, 5.41) is 2.59. The van der Waals surface area contributed by atoms with E-state index >= 15 is 0 Å². The number of ether oxygens (including phenoxy) is 1. The molecule has 0 radical (unpaired) electrons. The Kier molecular flexibility index (Phi) is 6.79. The van der Waals surface area contributed by atoms with Crippen LogP contribution in [0, 0.1) is 0 Å². The monoisotopic (exact) mass is 453 g/mol. The topological polar surface area (TPSA) is 119 Å². The molecule has 3 rings (SSSR count). The number of hydrogen-bond donors (Lipinski definition) is 2. The van der Waals surface area contributed by atoms with Crippen LogP contribution in [0.2, 0.25) is 0 Å². The van der Waals surface area contributed by atoms with Crippen molar-refractivity contribution >= 4 is 33.2 Å². The largest absolute Gasteiger partial charge is 0.457 e. The Morgan fingerprint density at radius 3 is 2.06 bits per heavy atom. The zero-order chi connectivity index (χ0) is 23.3. The van der Waals surface area contributed by atoms with Crippen LogP contribution in [-0.2, 0) is 14.8 Å². The highest BCUT2D eigenvalue weighted by Crippen LogP contribution is 2.27. The lowest BCUT2D eigenvalue weighted by molar-refractivity contribution is -0.116. The number of nitrogens with two attached hydrogens (primary N) is 1. The van der Waals surface area contributed by atoms with Gasteiger partial charge in [0, 0.05) is 0 Å². The van der Waals surface area contributed by atoms with Crippen LogP contribution in [0.3, 0.4) is 0 Å². The summed E-state index contributed by atoms with van der Waals surface area (Å²) in [4.78, 5) is 24.5. The SMILES string of the molecule is C[C@H](C(=O)Nc1ccccc1C(N)=O)N(c1ccc(Oc2ccccc2)cc1)S(C)(=O)=O. The van der Waals surface area contributed by atoms with Crippen LogP contribution in [0.15, 0.2) is 78.9 Å². The maximum Gasteiger partial charge on any atom is 0.250 e. The number of anilines is 2. The Morgan fingerprint density at radius 1 is 0.906 bits per heavy atom. The summed E-state index contributed by atoms with van der Waals surface area (Å²) in [6.45, 7) is 1.46. The van der Waals surface area contributed by atoms with Crippen LogP contribution in [0.4, 0.5) is 11.4 Å². The van der Waals surface area contributed by atoms with Gasteiger partial charge >= 0.3 is 0 Å². The van der Waals surface area contributed by atoms with Crippen molar-refractivity contribution in [2.45, 2.75) is 13.0 Å². The fourth-order valence-electron chi connectivity index (χ4n) is 3.14. The van der Waals surface area contributed by atoms with Gasteiger partial charge in [-0.15, -0.1) is 0 Å². The van der Waals surface area contributed by atoms with Crippen molar-refractivity contribution in [3.05, 3.63) is 84.4 Å². The third-order valence-electron chi connectivity index (χ3n) is 4.61. The van der Waals surface area contributed by atoms with E-state index in [1.165, 1.54) is 19.1 Å². The second-order valence-corrected chi connectivity index (χ2v) is 8.90. The molecule has 0 saturated heterocycles. The van der Waals surface area contributed by atoms with Gasteiger partial charge in [-0.2, -0.15) is 0 Å². The first kappa shape index (κ1) is 22.8. The van der Waals surface area contributed by atoms with Gasteiger partial charge in [0.1, 0.15) is 17.5 Å². The number of sulfonamides is 1. The fraction of sp³-hybridized carbons (Fsp3) is 0.130. The number of rotatable bonds is 8. The third-order valence-corrected chi connectivity index (χ3v) is 5.85. The van der Waals surface area contributed by atoms with E-state index in [0.29, 0.717) is 17.2 Å². The van der Waals surface area contributed by atoms with Crippen molar-refractivity contribution < 1.29 is 22.7 Å². The van der Waals surface area contributed by atoms with Gasteiger partial charge in [-0.05, 0) is 55.5 Å². The molecule has 0 aromatic heterocycles. The predicted molar refractivity (Wildman–Crippen MR) is 123 cm³/mol. The van der Waals surface area contributed by atoms with E-state index < -0.39 is 27.9 Å². The minimum atomic E-state index is -3.81. The van der Waals surface area contributed by atoms with Crippen LogP contribution >= 0.6 is 0 Å². The number of carbonyl (C=O) groups excluding carboxylic acids is 2. The summed E-state index contributed by atoms with van der Waals surface area (Å²) >= 11 is 0. The van der Waals surface area contributed by atoms with E-state index in [1.54, 1.807) is 48.5 Å². The van der Waals surface area contributed by atoms with E-state index in [2.05, 4.69) is 5.32 Å². The lowest BCUT2D eigenvalue weighted by Gasteiger charge is -2.28. The molecule has 8 nitrogen and oxygen atoms in total. The highest BCUT2D eigenvalue weighted by atomic mass is 32.2. The first-order valence-electron chi connectivity index (χ1n) is 9.69. The highest BCUT2D eigenvalue weighted by molar-refractivity contribution is 7.92. The highest BCUT2D eigenvalue weighted by Gasteiger charge is 2.29. The van der Waals surface area contributed by atoms with Gasteiger partial charge in [-0.1, -0.05) is 30.3 Å². The van der Waals surface area contributed by atoms with Gasteiger partial charge in [0.05, 0.1) is 23.2 Å². The minimum Gasteiger partial charge on any atom is -0.457 e. The lowest BCUT2D eigenvalue weighted by Crippen LogP contribution is -2.45. The van der Waals surface area contributed by atoms with Crippen LogP contribution < -0.4 is 20.1 Å². The number of amides is 2. The number of para-hydroxylation sites is 2. The van der Waals surface area contributed by atoms with Crippen LogP contribution in [-0.4, -0.2) is 32.5 Å². The van der Waals surface area contributed by atoms with Gasteiger partial charge in [0.15, 0.2) is 0 Å². The van der Waals surface area contributed by atoms with Gasteiger partial charge in [0.2, 0.25) is 15.9 Å². The number of hydrogen-bond acceptors (Lipinski definition) is 5. The molecule has 3 aromatic carbocycles. The molecule has 2 amide bonds. The number of nitrogens with zero attached hydrogens (tertiary/aromatic N) is 1. The number of nitrogens with one attached hydrogen (secondary N) is 1. The van der Waals surface area contributed by atoms with E-state index in [-0.39, 0.29) is 11.3 Å². The molecule has 1 atom stereocenters. The fourth-order valence-corrected chi connectivity index (χ4v) is 4.31. The zero-order valence-corrected chi connectivity index (χ0v) is 18.4. The normalized spacial score (nSPS) is 11.9. The molecule has 166 valence electrons. The zero-order valence-electron chi connectivity index (χ0n) is 17.6. The van der Waals surface area contributed by atoms with Gasteiger partial charge in [-0.3, -0.25) is 13.9 Å². The molecule has 0 aliphatic carbocycles. The van der Waals surface area contributed by atoms with Crippen LogP contribution in [0.5, 0.6) is 11.5 Å². The van der Waals surface area contributed by atoms with E-state index in [1.807, 2.05) is 18.2 Å². The van der Waals surface area contributed by atoms with Crippen LogP contribution in [0.1, 0.15) is 17.3 Å². The number of carbonyl (C=O) groups is 2. The summed E-state index contributed by atoms with van der Waals surface area (Å²) in [5.74, 6) is -0.168. The first-order valence-corrected chi connectivity index (χ1v) is 11.5. The second kappa shape index (κ2) is 9.52. The molecule has 3 N–H and O–H groups in total. The van der Waals surface area contributed by atoms with Crippen molar-refractivity contribution in [2.75, 3.05) is 15.9 Å². The Bertz CT molecular complexity index is 1210. The summed E-state index contributed by atoms with van der Waals surface area (Å²) < 4.78 is 31.8. The van der Waals surface area contributed by atoms with Gasteiger partial charge < -0.3 is 15.8 Å². The van der Waals surface area contributed by atoms with E-state index in [9.17, 15) is 18.0 Å². The molecule has 0 aliphatic rings. The molecule has 0 fully saturated rings. The average molecular weight is 454 g/mol. The maximum atomic E-state index is 12.9. The van der Waals surface area contributed by atoms with Crippen molar-refractivity contribution in [1.82, 2.24) is 0 Å². The minimum absolute atomic E-state index is 0.126. The lowest BCUT2D eigenvalue weighted by atomic mass is 10.1. The molecule has 0 saturated carbocycles. The molecular weight excluding hydrogens is 430 g/mol. The second-order valence-electron chi connectivity index (χ2n) is 7.04. The first-order chi connectivity index (χ1) is 15.2.